The second-order valence-electron chi connectivity index (χ2n) is 3.19. The molecular weight excluding hydrogens is 180 g/mol. The molecule has 5 nitrogen and oxygen atoms in total. The van der Waals surface area contributed by atoms with Gasteiger partial charge in [0, 0.05) is 37.8 Å². The summed E-state index contributed by atoms with van der Waals surface area (Å²) >= 11 is 0. The highest BCUT2D eigenvalue weighted by atomic mass is 16.1. The minimum atomic E-state index is -0.0178. The van der Waals surface area contributed by atoms with Crippen molar-refractivity contribution in [3.63, 3.8) is 0 Å². The Morgan fingerprint density at radius 2 is 2.43 bits per heavy atom. The van der Waals surface area contributed by atoms with Crippen LogP contribution < -0.4 is 11.1 Å². The van der Waals surface area contributed by atoms with Crippen molar-refractivity contribution in [1.29, 1.82) is 0 Å². The van der Waals surface area contributed by atoms with E-state index in [1.54, 1.807) is 10.9 Å². The average molecular weight is 196 g/mol. The van der Waals surface area contributed by atoms with E-state index in [0.717, 1.165) is 11.3 Å². The monoisotopic (exact) mass is 196 g/mol. The fourth-order valence-corrected chi connectivity index (χ4v) is 1.13. The van der Waals surface area contributed by atoms with E-state index in [9.17, 15) is 4.79 Å². The van der Waals surface area contributed by atoms with Gasteiger partial charge in [-0.15, -0.1) is 0 Å². The van der Waals surface area contributed by atoms with Crippen LogP contribution in [-0.4, -0.2) is 22.2 Å². The van der Waals surface area contributed by atoms with Gasteiger partial charge in [0.05, 0.1) is 6.20 Å². The Balaban J connectivity index is 2.46. The topological polar surface area (TPSA) is 72.9 Å². The van der Waals surface area contributed by atoms with E-state index >= 15 is 0 Å². The molecule has 0 bridgehead atoms. The van der Waals surface area contributed by atoms with Crippen molar-refractivity contribution in [2.45, 2.75) is 19.9 Å². The van der Waals surface area contributed by atoms with E-state index in [1.807, 2.05) is 14.0 Å². The number of hydrogen-bond donors (Lipinski definition) is 2. The molecule has 0 aromatic carbocycles. The van der Waals surface area contributed by atoms with Crippen LogP contribution in [0.2, 0.25) is 0 Å². The Morgan fingerprint density at radius 1 is 1.71 bits per heavy atom. The van der Waals surface area contributed by atoms with Gasteiger partial charge in [-0.25, -0.2) is 0 Å². The molecule has 0 radical (unpaired) electrons. The molecule has 0 aliphatic carbocycles. The van der Waals surface area contributed by atoms with Crippen molar-refractivity contribution in [3.8, 4) is 0 Å². The number of carbonyl (C=O) groups excluding carboxylic acids is 1. The highest BCUT2D eigenvalue weighted by Gasteiger charge is 2.04. The largest absolute Gasteiger partial charge is 0.352 e. The van der Waals surface area contributed by atoms with Crippen molar-refractivity contribution in [2.24, 2.45) is 12.8 Å². The molecule has 1 amide bonds. The molecule has 1 aromatic heterocycles. The van der Waals surface area contributed by atoms with Crippen LogP contribution in [0.4, 0.5) is 0 Å². The molecule has 78 valence electrons. The third-order valence-corrected chi connectivity index (χ3v) is 2.18. The predicted octanol–water partition coefficient (Wildman–Crippen LogP) is -0.306. The van der Waals surface area contributed by atoms with Gasteiger partial charge in [0.1, 0.15) is 0 Å². The number of aromatic nitrogens is 2. The molecule has 0 saturated heterocycles. The molecule has 1 heterocycles. The Labute approximate surface area is 83.3 Å². The van der Waals surface area contributed by atoms with E-state index in [2.05, 4.69) is 10.4 Å². The fraction of sp³-hybridized carbons (Fsp3) is 0.556. The van der Waals surface area contributed by atoms with Gasteiger partial charge in [-0.3, -0.25) is 9.48 Å². The molecule has 0 aliphatic heterocycles. The zero-order chi connectivity index (χ0) is 10.6. The van der Waals surface area contributed by atoms with Crippen LogP contribution in [0.1, 0.15) is 17.7 Å². The summed E-state index contributed by atoms with van der Waals surface area (Å²) in [6.07, 6.45) is 2.14. The summed E-state index contributed by atoms with van der Waals surface area (Å²) in [5.74, 6) is -0.0178. The lowest BCUT2D eigenvalue weighted by Crippen LogP contribution is -2.25. The molecule has 0 fully saturated rings. The first-order valence-electron chi connectivity index (χ1n) is 4.59. The molecule has 5 heteroatoms. The van der Waals surface area contributed by atoms with Crippen LogP contribution in [0, 0.1) is 6.92 Å². The van der Waals surface area contributed by atoms with Crippen molar-refractivity contribution in [1.82, 2.24) is 15.1 Å². The summed E-state index contributed by atoms with van der Waals surface area (Å²) in [5, 5.41) is 6.86. The van der Waals surface area contributed by atoms with E-state index < -0.39 is 0 Å². The van der Waals surface area contributed by atoms with E-state index in [0.29, 0.717) is 19.5 Å². The number of nitrogens with one attached hydrogen (secondary N) is 1. The minimum absolute atomic E-state index is 0.0178. The first-order valence-corrected chi connectivity index (χ1v) is 4.59. The normalized spacial score (nSPS) is 10.2. The van der Waals surface area contributed by atoms with E-state index in [-0.39, 0.29) is 5.91 Å². The summed E-state index contributed by atoms with van der Waals surface area (Å²) in [6.45, 7) is 2.88. The number of rotatable bonds is 4. The number of hydrogen-bond acceptors (Lipinski definition) is 3. The van der Waals surface area contributed by atoms with Crippen molar-refractivity contribution >= 4 is 5.91 Å². The van der Waals surface area contributed by atoms with E-state index in [4.69, 9.17) is 5.73 Å². The molecular formula is C9H16N4O. The second-order valence-corrected chi connectivity index (χ2v) is 3.19. The van der Waals surface area contributed by atoms with Crippen LogP contribution in [0.3, 0.4) is 0 Å². The number of aryl methyl sites for hydroxylation is 1. The lowest BCUT2D eigenvalue weighted by molar-refractivity contribution is -0.121. The maximum Gasteiger partial charge on any atom is 0.221 e. The lowest BCUT2D eigenvalue weighted by atomic mass is 10.2. The fourth-order valence-electron chi connectivity index (χ4n) is 1.13. The van der Waals surface area contributed by atoms with Gasteiger partial charge in [0.25, 0.3) is 0 Å². The van der Waals surface area contributed by atoms with Gasteiger partial charge in [-0.05, 0) is 6.92 Å². The van der Waals surface area contributed by atoms with Crippen LogP contribution in [-0.2, 0) is 18.4 Å². The molecule has 1 aromatic rings. The first-order chi connectivity index (χ1) is 6.65. The standard InChI is InChI=1S/C9H16N4O/c1-7-8(6-12-13(7)2)5-11-9(14)3-4-10/h6H,3-5,10H2,1-2H3,(H,11,14). The van der Waals surface area contributed by atoms with Crippen molar-refractivity contribution < 1.29 is 4.79 Å². The van der Waals surface area contributed by atoms with E-state index in [1.165, 1.54) is 0 Å². The van der Waals surface area contributed by atoms with Gasteiger partial charge in [0.15, 0.2) is 0 Å². The first kappa shape index (κ1) is 10.7. The Kier molecular flexibility index (Phi) is 3.64. The Bertz CT molecular complexity index is 319. The van der Waals surface area contributed by atoms with Crippen LogP contribution >= 0.6 is 0 Å². The number of amides is 1. The zero-order valence-electron chi connectivity index (χ0n) is 8.58. The number of carbonyl (C=O) groups is 1. The quantitative estimate of drug-likeness (QED) is 0.694. The number of nitrogens with two attached hydrogens (primary N) is 1. The molecule has 14 heavy (non-hydrogen) atoms. The third-order valence-electron chi connectivity index (χ3n) is 2.18. The van der Waals surface area contributed by atoms with Crippen molar-refractivity contribution in [3.05, 3.63) is 17.5 Å². The van der Waals surface area contributed by atoms with Crippen molar-refractivity contribution in [2.75, 3.05) is 6.54 Å². The number of nitrogens with zero attached hydrogens (tertiary/aromatic N) is 2. The molecule has 3 N–H and O–H groups in total. The summed E-state index contributed by atoms with van der Waals surface area (Å²) in [7, 11) is 1.88. The highest BCUT2D eigenvalue weighted by molar-refractivity contribution is 5.76. The maximum absolute atomic E-state index is 11.1. The molecule has 0 aliphatic rings. The summed E-state index contributed by atoms with van der Waals surface area (Å²) in [5.41, 5.74) is 7.36. The maximum atomic E-state index is 11.1. The molecule has 0 atom stereocenters. The summed E-state index contributed by atoms with van der Waals surface area (Å²) in [6, 6.07) is 0. The summed E-state index contributed by atoms with van der Waals surface area (Å²) in [4.78, 5) is 11.1. The summed E-state index contributed by atoms with van der Waals surface area (Å²) < 4.78 is 1.78. The van der Waals surface area contributed by atoms with Crippen LogP contribution in [0.5, 0.6) is 0 Å². The molecule has 0 saturated carbocycles. The SMILES string of the molecule is Cc1c(CNC(=O)CCN)cnn1C. The molecule has 0 spiro atoms. The zero-order valence-corrected chi connectivity index (χ0v) is 8.58. The Morgan fingerprint density at radius 3 is 2.93 bits per heavy atom. The van der Waals surface area contributed by atoms with Gasteiger partial charge in [0.2, 0.25) is 5.91 Å². The molecule has 0 unspecified atom stereocenters. The van der Waals surface area contributed by atoms with Gasteiger partial charge < -0.3 is 11.1 Å². The third kappa shape index (κ3) is 2.56. The van der Waals surface area contributed by atoms with Crippen LogP contribution in [0.25, 0.3) is 0 Å². The van der Waals surface area contributed by atoms with Gasteiger partial charge in [-0.1, -0.05) is 0 Å². The van der Waals surface area contributed by atoms with Gasteiger partial charge >= 0.3 is 0 Å². The average Bonchev–Trinajstić information content (AvgIpc) is 2.46. The molecule has 1 rings (SSSR count). The Hall–Kier alpha value is -1.36. The van der Waals surface area contributed by atoms with Gasteiger partial charge in [-0.2, -0.15) is 5.10 Å². The second kappa shape index (κ2) is 4.76. The smallest absolute Gasteiger partial charge is 0.221 e. The lowest BCUT2D eigenvalue weighted by Gasteiger charge is -2.03. The minimum Gasteiger partial charge on any atom is -0.352 e. The predicted molar refractivity (Wildman–Crippen MR) is 53.5 cm³/mol. The van der Waals surface area contributed by atoms with Crippen LogP contribution in [0.15, 0.2) is 6.20 Å². The highest BCUT2D eigenvalue weighted by Crippen LogP contribution is 2.04.